The average Bonchev–Trinajstić information content (AvgIpc) is 3.36. The lowest BCUT2D eigenvalue weighted by atomic mass is 10.0. The van der Waals surface area contributed by atoms with E-state index in [2.05, 4.69) is 207 Å². The minimum absolute atomic E-state index is 0.572. The predicted octanol–water partition coefficient (Wildman–Crippen LogP) is 14.2. The summed E-state index contributed by atoms with van der Waals surface area (Å²) in [5, 5.41) is 14.3. The molecule has 0 unspecified atom stereocenters. The second-order valence-corrected chi connectivity index (χ2v) is 20.3. The van der Waals surface area contributed by atoms with Crippen molar-refractivity contribution >= 4 is 17.1 Å². The molecule has 0 saturated carbocycles. The van der Waals surface area contributed by atoms with Crippen LogP contribution in [0.2, 0.25) is 0 Å². The van der Waals surface area contributed by atoms with Gasteiger partial charge in [0.05, 0.1) is 13.7 Å². The van der Waals surface area contributed by atoms with Gasteiger partial charge in [-0.15, -0.1) is 0 Å². The van der Waals surface area contributed by atoms with Gasteiger partial charge in [0.1, 0.15) is 18.1 Å². The van der Waals surface area contributed by atoms with Gasteiger partial charge in [-0.25, -0.2) is 0 Å². The van der Waals surface area contributed by atoms with Crippen molar-refractivity contribution in [3.8, 4) is 11.5 Å². The summed E-state index contributed by atoms with van der Waals surface area (Å²) in [4.78, 5) is 6.83. The van der Waals surface area contributed by atoms with Gasteiger partial charge in [-0.05, 0) is 151 Å². The monoisotopic (exact) mass is 960 g/mol. The summed E-state index contributed by atoms with van der Waals surface area (Å²) in [6.45, 7) is 29.0. The smallest absolute Gasteiger partial charge is 0.119 e. The van der Waals surface area contributed by atoms with E-state index in [1.165, 1.54) is 75.9 Å². The van der Waals surface area contributed by atoms with Gasteiger partial charge in [0, 0.05) is 70.5 Å². The molecule has 0 amide bonds. The molecule has 2 fully saturated rings. The van der Waals surface area contributed by atoms with Crippen molar-refractivity contribution in [2.45, 2.75) is 118 Å². The summed E-state index contributed by atoms with van der Waals surface area (Å²) in [6.07, 6.45) is 2.50. The van der Waals surface area contributed by atoms with Gasteiger partial charge in [0.15, 0.2) is 0 Å². The maximum Gasteiger partial charge on any atom is 0.119 e. The highest BCUT2D eigenvalue weighted by Gasteiger charge is 2.17. The van der Waals surface area contributed by atoms with Gasteiger partial charge < -0.3 is 39.4 Å². The van der Waals surface area contributed by atoms with Crippen LogP contribution in [0.15, 0.2) is 121 Å². The van der Waals surface area contributed by atoms with Crippen molar-refractivity contribution in [2.24, 2.45) is 0 Å². The molecule has 5 aromatic rings. The number of nitrogens with one attached hydrogen (secondary N) is 1. The zero-order valence-corrected chi connectivity index (χ0v) is 46.0. The molecule has 386 valence electrons. The van der Waals surface area contributed by atoms with E-state index in [4.69, 9.17) is 14.2 Å². The summed E-state index contributed by atoms with van der Waals surface area (Å²) in [7, 11) is 9.68. The van der Waals surface area contributed by atoms with Gasteiger partial charge in [-0.3, -0.25) is 0 Å². The Morgan fingerprint density at radius 3 is 1.29 bits per heavy atom. The van der Waals surface area contributed by atoms with Crippen LogP contribution in [0.25, 0.3) is 0 Å². The molecule has 70 heavy (non-hydrogen) atoms. The molecule has 2 heterocycles. The molecular formula is C61H93N5O4. The summed E-state index contributed by atoms with van der Waals surface area (Å²) in [6, 6.07) is 43.4. The van der Waals surface area contributed by atoms with E-state index in [0.29, 0.717) is 48.8 Å². The van der Waals surface area contributed by atoms with E-state index in [1.54, 1.807) is 14.2 Å². The zero-order valence-electron chi connectivity index (χ0n) is 46.0. The molecule has 0 radical (unpaired) electrons. The van der Waals surface area contributed by atoms with Gasteiger partial charge in [0.2, 0.25) is 0 Å². The SMILES string of the molecule is CC(C)c1ccc(N(C)C)cc1.CC(C)c1ccc(N2CCN(O)CC2)cc1.CC(C)c1ccc(NC2CCN(C)CC2)cc1.COCCOc1ccc(C(C)C)cc1.COc1ccc(C(C)C)cc1. The van der Waals surface area contributed by atoms with E-state index in [0.717, 1.165) is 37.7 Å². The zero-order chi connectivity index (χ0) is 51.6. The number of ether oxygens (including phenoxy) is 3. The Bertz CT molecular complexity index is 2040. The fourth-order valence-electron chi connectivity index (χ4n) is 7.71. The first-order valence-electron chi connectivity index (χ1n) is 25.9. The lowest BCUT2D eigenvalue weighted by Crippen LogP contribution is -2.44. The Kier molecular flexibility index (Phi) is 27.1. The number of anilines is 3. The van der Waals surface area contributed by atoms with Crippen molar-refractivity contribution in [3.63, 3.8) is 0 Å². The molecule has 2 N–H and O–H groups in total. The number of nitrogens with zero attached hydrogens (tertiary/aromatic N) is 4. The minimum Gasteiger partial charge on any atom is -0.497 e. The third-order valence-corrected chi connectivity index (χ3v) is 12.8. The van der Waals surface area contributed by atoms with E-state index >= 15 is 0 Å². The van der Waals surface area contributed by atoms with Crippen molar-refractivity contribution in [3.05, 3.63) is 149 Å². The Morgan fingerprint density at radius 1 is 0.514 bits per heavy atom. The van der Waals surface area contributed by atoms with E-state index in [9.17, 15) is 5.21 Å². The second-order valence-electron chi connectivity index (χ2n) is 20.3. The summed E-state index contributed by atoms with van der Waals surface area (Å²) < 4.78 is 15.4. The number of hydrogen-bond acceptors (Lipinski definition) is 9. The van der Waals surface area contributed by atoms with Crippen molar-refractivity contribution in [2.75, 3.05) is 103 Å². The van der Waals surface area contributed by atoms with Crippen LogP contribution in [0.1, 0.15) is 139 Å². The molecule has 0 spiro atoms. The first-order valence-corrected chi connectivity index (χ1v) is 25.9. The minimum atomic E-state index is 0.572. The fourth-order valence-corrected chi connectivity index (χ4v) is 7.71. The Labute approximate surface area is 426 Å². The first kappa shape index (κ1) is 59.2. The van der Waals surface area contributed by atoms with Crippen molar-refractivity contribution in [1.82, 2.24) is 9.96 Å². The quantitative estimate of drug-likeness (QED) is 0.106. The summed E-state index contributed by atoms with van der Waals surface area (Å²) in [5.74, 6) is 4.83. The molecule has 0 bridgehead atoms. The third kappa shape index (κ3) is 22.4. The maximum atomic E-state index is 9.30. The number of hydroxylamine groups is 2. The Morgan fingerprint density at radius 2 is 0.900 bits per heavy atom. The lowest BCUT2D eigenvalue weighted by Gasteiger charge is -2.32. The van der Waals surface area contributed by atoms with E-state index < -0.39 is 0 Å². The Balaban J connectivity index is 0.000000234. The highest BCUT2D eigenvalue weighted by Crippen LogP contribution is 2.24. The molecule has 2 aliphatic rings. The fraction of sp³-hybridized carbons (Fsp3) is 0.508. The number of rotatable bonds is 14. The predicted molar refractivity (Wildman–Crippen MR) is 301 cm³/mol. The topological polar surface area (TPSA) is 72.9 Å². The third-order valence-electron chi connectivity index (χ3n) is 12.8. The molecule has 9 heteroatoms. The van der Waals surface area contributed by atoms with Gasteiger partial charge >= 0.3 is 0 Å². The molecule has 7 rings (SSSR count). The molecular weight excluding hydrogens is 867 g/mol. The maximum absolute atomic E-state index is 9.30. The second kappa shape index (κ2) is 32.0. The van der Waals surface area contributed by atoms with Crippen LogP contribution >= 0.6 is 0 Å². The van der Waals surface area contributed by atoms with Gasteiger partial charge in [-0.2, -0.15) is 5.06 Å². The molecule has 2 saturated heterocycles. The number of benzene rings is 5. The largest absolute Gasteiger partial charge is 0.497 e. The number of piperazine rings is 1. The van der Waals surface area contributed by atoms with Crippen LogP contribution in [0.5, 0.6) is 11.5 Å². The number of hydrogen-bond donors (Lipinski definition) is 2. The summed E-state index contributed by atoms with van der Waals surface area (Å²) >= 11 is 0. The lowest BCUT2D eigenvalue weighted by molar-refractivity contribution is -0.0935. The van der Waals surface area contributed by atoms with Crippen LogP contribution < -0.4 is 24.6 Å². The number of methoxy groups -OCH3 is 2. The van der Waals surface area contributed by atoms with Gasteiger partial charge in [-0.1, -0.05) is 130 Å². The van der Waals surface area contributed by atoms with Crippen molar-refractivity contribution in [1.29, 1.82) is 0 Å². The molecule has 0 aromatic heterocycles. The molecule has 0 aliphatic carbocycles. The Hall–Kier alpha value is -5.06. The highest BCUT2D eigenvalue weighted by molar-refractivity contribution is 5.49. The van der Waals surface area contributed by atoms with Crippen LogP contribution in [0, 0.1) is 0 Å². The van der Waals surface area contributed by atoms with Crippen LogP contribution in [-0.2, 0) is 4.74 Å². The van der Waals surface area contributed by atoms with Gasteiger partial charge in [0.25, 0.3) is 0 Å². The standard InChI is InChI=1S/C15H24N2.C13H20N2O.C12H18O2.C11H17N.C10H14O/c1-12(2)13-4-6-14(7-5-13)16-15-8-10-17(3)11-9-15;1-11(2)12-3-5-13(6-4-12)14-7-9-15(16)10-8-14;1-10(2)11-4-6-12(7-5-11)14-9-8-13-3;1-9(2)10-5-7-11(8-6-10)12(3)4;1-8(2)9-4-6-10(11-3)7-5-9/h4-7,12,15-16H,8-11H2,1-3H3;3-6,11,16H,7-10H2,1-2H3;4-7,10H,8-9H2,1-3H3;5-9H,1-4H3;4-8H,1-3H3. The van der Waals surface area contributed by atoms with Crippen LogP contribution in [0.4, 0.5) is 17.1 Å². The summed E-state index contributed by atoms with van der Waals surface area (Å²) in [5.41, 5.74) is 10.7. The van der Waals surface area contributed by atoms with E-state index in [1.807, 2.05) is 24.3 Å². The molecule has 0 atom stereocenters. The molecule has 2 aliphatic heterocycles. The molecule has 9 nitrogen and oxygen atoms in total. The molecule has 5 aromatic carbocycles. The van der Waals surface area contributed by atoms with Crippen LogP contribution in [-0.4, -0.2) is 109 Å². The average molecular weight is 960 g/mol. The van der Waals surface area contributed by atoms with E-state index in [-0.39, 0.29) is 0 Å². The highest BCUT2D eigenvalue weighted by atomic mass is 16.5. The first-order chi connectivity index (χ1) is 33.4. The normalized spacial score (nSPS) is 14.2. The number of piperidine rings is 1. The van der Waals surface area contributed by atoms with Crippen molar-refractivity contribution < 1.29 is 19.4 Å². The van der Waals surface area contributed by atoms with Crippen LogP contribution in [0.3, 0.4) is 0 Å². The number of likely N-dealkylation sites (tertiary alicyclic amines) is 1.